The lowest BCUT2D eigenvalue weighted by molar-refractivity contribution is -0.135. The molecule has 1 saturated heterocycles. The third-order valence-electron chi connectivity index (χ3n) is 4.26. The standard InChI is InChI=1S/C15H22N4O3/c1-8(2)14-17-11(18-22-14)6-7-19(3)15(20)12-9-4-5-10(21-9)13(12)16/h4-5,8-10,12-13H,6-7,16H2,1-3H3/t9-,10+,12-,13+/m0/s1. The number of hydrogen-bond donors (Lipinski definition) is 1. The molecule has 1 fully saturated rings. The summed E-state index contributed by atoms with van der Waals surface area (Å²) < 4.78 is 10.8. The van der Waals surface area contributed by atoms with E-state index in [1.165, 1.54) is 0 Å². The van der Waals surface area contributed by atoms with Crippen molar-refractivity contribution < 1.29 is 14.1 Å². The van der Waals surface area contributed by atoms with Crippen LogP contribution in [0.1, 0.15) is 31.5 Å². The summed E-state index contributed by atoms with van der Waals surface area (Å²) in [5.41, 5.74) is 6.08. The molecule has 0 spiro atoms. The number of aromatic nitrogens is 2. The summed E-state index contributed by atoms with van der Waals surface area (Å²) in [6, 6.07) is -0.261. The Kier molecular flexibility index (Phi) is 4.01. The molecule has 7 heteroatoms. The Morgan fingerprint density at radius 3 is 2.73 bits per heavy atom. The van der Waals surface area contributed by atoms with Crippen LogP contribution in [0.3, 0.4) is 0 Å². The number of amides is 1. The highest BCUT2D eigenvalue weighted by Gasteiger charge is 2.48. The number of carbonyl (C=O) groups excluding carboxylic acids is 1. The van der Waals surface area contributed by atoms with Gasteiger partial charge in [-0.2, -0.15) is 4.98 Å². The minimum Gasteiger partial charge on any atom is -0.364 e. The summed E-state index contributed by atoms with van der Waals surface area (Å²) in [5.74, 6) is 1.17. The maximum absolute atomic E-state index is 12.5. The molecular weight excluding hydrogens is 284 g/mol. The van der Waals surface area contributed by atoms with Crippen molar-refractivity contribution in [2.24, 2.45) is 11.7 Å². The zero-order valence-electron chi connectivity index (χ0n) is 13.1. The molecule has 2 N–H and O–H groups in total. The molecule has 2 aliphatic rings. The van der Waals surface area contributed by atoms with Gasteiger partial charge in [-0.15, -0.1) is 0 Å². The Labute approximate surface area is 129 Å². The number of nitrogens with zero attached hydrogens (tertiary/aromatic N) is 3. The summed E-state index contributed by atoms with van der Waals surface area (Å²) in [5, 5.41) is 3.93. The highest BCUT2D eigenvalue weighted by molar-refractivity contribution is 5.81. The van der Waals surface area contributed by atoms with Gasteiger partial charge in [0.1, 0.15) is 0 Å². The summed E-state index contributed by atoms with van der Waals surface area (Å²) in [4.78, 5) is 18.5. The lowest BCUT2D eigenvalue weighted by atomic mass is 9.88. The molecule has 22 heavy (non-hydrogen) atoms. The van der Waals surface area contributed by atoms with Crippen LogP contribution in [-0.2, 0) is 16.0 Å². The van der Waals surface area contributed by atoms with Gasteiger partial charge in [0.05, 0.1) is 18.1 Å². The number of carbonyl (C=O) groups is 1. The monoisotopic (exact) mass is 306 g/mol. The van der Waals surface area contributed by atoms with Crippen LogP contribution in [0.2, 0.25) is 0 Å². The molecule has 1 aromatic rings. The van der Waals surface area contributed by atoms with Gasteiger partial charge in [0.25, 0.3) is 0 Å². The second kappa shape index (κ2) is 5.81. The SMILES string of the molecule is CC(C)c1nc(CCN(C)C(=O)[C@@H]2[C@H](N)[C@H]3C=C[C@@H]2O3)no1. The van der Waals surface area contributed by atoms with Crippen LogP contribution in [0.4, 0.5) is 0 Å². The second-order valence-corrected chi connectivity index (χ2v) is 6.27. The molecular formula is C15H22N4O3. The smallest absolute Gasteiger partial charge is 0.230 e. The molecule has 0 unspecified atom stereocenters. The maximum Gasteiger partial charge on any atom is 0.230 e. The molecule has 0 saturated carbocycles. The minimum absolute atomic E-state index is 0.0110. The molecule has 0 aromatic carbocycles. The second-order valence-electron chi connectivity index (χ2n) is 6.27. The van der Waals surface area contributed by atoms with Gasteiger partial charge in [-0.25, -0.2) is 0 Å². The van der Waals surface area contributed by atoms with Gasteiger partial charge < -0.3 is 19.9 Å². The number of likely N-dealkylation sites (N-methyl/N-ethyl adjacent to an activating group) is 1. The summed E-state index contributed by atoms with van der Waals surface area (Å²) in [6.45, 7) is 4.52. The van der Waals surface area contributed by atoms with Gasteiger partial charge >= 0.3 is 0 Å². The van der Waals surface area contributed by atoms with Crippen LogP contribution < -0.4 is 5.73 Å². The summed E-state index contributed by atoms with van der Waals surface area (Å²) in [7, 11) is 1.77. The highest BCUT2D eigenvalue weighted by atomic mass is 16.5. The van der Waals surface area contributed by atoms with E-state index in [1.54, 1.807) is 11.9 Å². The fourth-order valence-electron chi connectivity index (χ4n) is 2.88. The predicted octanol–water partition coefficient (Wildman–Crippen LogP) is 0.475. The van der Waals surface area contributed by atoms with Crippen LogP contribution in [0.15, 0.2) is 16.7 Å². The summed E-state index contributed by atoms with van der Waals surface area (Å²) in [6.07, 6.45) is 4.11. The molecule has 1 amide bonds. The Morgan fingerprint density at radius 1 is 1.41 bits per heavy atom. The third-order valence-corrected chi connectivity index (χ3v) is 4.26. The lowest BCUT2D eigenvalue weighted by Gasteiger charge is -2.26. The van der Waals surface area contributed by atoms with E-state index in [9.17, 15) is 4.79 Å². The molecule has 0 radical (unpaired) electrons. The first kappa shape index (κ1) is 15.2. The van der Waals surface area contributed by atoms with Crippen molar-refractivity contribution in [1.82, 2.24) is 15.0 Å². The van der Waals surface area contributed by atoms with Gasteiger partial charge in [-0.3, -0.25) is 4.79 Å². The van der Waals surface area contributed by atoms with E-state index in [2.05, 4.69) is 10.1 Å². The van der Waals surface area contributed by atoms with Crippen LogP contribution in [-0.4, -0.2) is 52.8 Å². The van der Waals surface area contributed by atoms with Crippen molar-refractivity contribution in [2.75, 3.05) is 13.6 Å². The maximum atomic E-state index is 12.5. The zero-order chi connectivity index (χ0) is 15.9. The van der Waals surface area contributed by atoms with Gasteiger partial charge in [0, 0.05) is 32.0 Å². The third kappa shape index (κ3) is 2.66. The largest absolute Gasteiger partial charge is 0.364 e. The molecule has 2 aliphatic heterocycles. The van der Waals surface area contributed by atoms with E-state index in [4.69, 9.17) is 15.0 Å². The number of rotatable bonds is 5. The van der Waals surface area contributed by atoms with Crippen LogP contribution in [0, 0.1) is 5.92 Å². The first-order valence-electron chi connectivity index (χ1n) is 7.64. The molecule has 2 bridgehead atoms. The van der Waals surface area contributed by atoms with Crippen molar-refractivity contribution in [3.05, 3.63) is 23.9 Å². The summed E-state index contributed by atoms with van der Waals surface area (Å²) >= 11 is 0. The fourth-order valence-corrected chi connectivity index (χ4v) is 2.88. The number of hydrogen-bond acceptors (Lipinski definition) is 6. The Hall–Kier alpha value is -1.73. The normalized spacial score (nSPS) is 29.5. The van der Waals surface area contributed by atoms with Crippen molar-refractivity contribution in [1.29, 1.82) is 0 Å². The lowest BCUT2D eigenvalue weighted by Crippen LogP contribution is -2.47. The van der Waals surface area contributed by atoms with Crippen molar-refractivity contribution in [3.63, 3.8) is 0 Å². The molecule has 3 rings (SSSR count). The first-order chi connectivity index (χ1) is 10.5. The topological polar surface area (TPSA) is 94.5 Å². The van der Waals surface area contributed by atoms with Gasteiger partial charge in [-0.1, -0.05) is 31.2 Å². The van der Waals surface area contributed by atoms with Crippen LogP contribution >= 0.6 is 0 Å². The molecule has 120 valence electrons. The molecule has 7 nitrogen and oxygen atoms in total. The van der Waals surface area contributed by atoms with E-state index < -0.39 is 0 Å². The van der Waals surface area contributed by atoms with E-state index in [0.29, 0.717) is 24.7 Å². The first-order valence-corrected chi connectivity index (χ1v) is 7.64. The van der Waals surface area contributed by atoms with Crippen LogP contribution in [0.5, 0.6) is 0 Å². The van der Waals surface area contributed by atoms with Gasteiger partial charge in [0.15, 0.2) is 5.82 Å². The number of ether oxygens (including phenoxy) is 1. The van der Waals surface area contributed by atoms with Crippen molar-refractivity contribution in [3.8, 4) is 0 Å². The Balaban J connectivity index is 1.56. The fraction of sp³-hybridized carbons (Fsp3) is 0.667. The average Bonchev–Trinajstić information content (AvgIpc) is 3.19. The van der Waals surface area contributed by atoms with Crippen molar-refractivity contribution >= 4 is 5.91 Å². The average molecular weight is 306 g/mol. The number of nitrogens with two attached hydrogens (primary N) is 1. The van der Waals surface area contributed by atoms with Crippen LogP contribution in [0.25, 0.3) is 0 Å². The molecule has 0 aliphatic carbocycles. The zero-order valence-corrected chi connectivity index (χ0v) is 13.1. The van der Waals surface area contributed by atoms with E-state index in [-0.39, 0.29) is 36.0 Å². The van der Waals surface area contributed by atoms with Gasteiger partial charge in [0.2, 0.25) is 11.8 Å². The predicted molar refractivity (Wildman–Crippen MR) is 79.0 cm³/mol. The Bertz CT molecular complexity index is 583. The van der Waals surface area contributed by atoms with Crippen molar-refractivity contribution in [2.45, 2.75) is 44.4 Å². The van der Waals surface area contributed by atoms with Gasteiger partial charge in [-0.05, 0) is 0 Å². The van der Waals surface area contributed by atoms with E-state index in [0.717, 1.165) is 0 Å². The Morgan fingerprint density at radius 2 is 2.14 bits per heavy atom. The van der Waals surface area contributed by atoms with E-state index >= 15 is 0 Å². The molecule has 3 heterocycles. The quantitative estimate of drug-likeness (QED) is 0.795. The van der Waals surface area contributed by atoms with E-state index in [1.807, 2.05) is 26.0 Å². The molecule has 1 aromatic heterocycles. The highest BCUT2D eigenvalue weighted by Crippen LogP contribution is 2.33. The number of fused-ring (bicyclic) bond motifs is 2. The minimum atomic E-state index is -0.295. The molecule has 4 atom stereocenters.